The van der Waals surface area contributed by atoms with Gasteiger partial charge in [-0.1, -0.05) is 24.0 Å². The number of benzene rings is 3. The van der Waals surface area contributed by atoms with Crippen molar-refractivity contribution in [1.29, 1.82) is 0 Å². The Kier molecular flexibility index (Phi) is 9.31. The van der Waals surface area contributed by atoms with Crippen LogP contribution in [-0.4, -0.2) is 57.4 Å². The molecule has 1 amide bonds. The first-order valence-electron chi connectivity index (χ1n) is 13.7. The Balaban J connectivity index is 1.36. The maximum absolute atomic E-state index is 13.6. The zero-order valence-electron chi connectivity index (χ0n) is 23.0. The summed E-state index contributed by atoms with van der Waals surface area (Å²) in [7, 11) is -3.82. The molecule has 3 aromatic carbocycles. The minimum atomic E-state index is -3.82. The van der Waals surface area contributed by atoms with Crippen molar-refractivity contribution in [2.24, 2.45) is 0 Å². The van der Waals surface area contributed by atoms with Gasteiger partial charge in [-0.3, -0.25) is 9.89 Å². The summed E-state index contributed by atoms with van der Waals surface area (Å²) in [5.41, 5.74) is 3.74. The highest BCUT2D eigenvalue weighted by molar-refractivity contribution is 7.90. The van der Waals surface area contributed by atoms with Crippen molar-refractivity contribution < 1.29 is 22.3 Å². The molecule has 1 aliphatic rings. The number of morpholine rings is 1. The Morgan fingerprint density at radius 1 is 1.00 bits per heavy atom. The van der Waals surface area contributed by atoms with Crippen LogP contribution in [0.5, 0.6) is 0 Å². The summed E-state index contributed by atoms with van der Waals surface area (Å²) in [6.45, 7) is 3.35. The second kappa shape index (κ2) is 13.5. The van der Waals surface area contributed by atoms with E-state index < -0.39 is 15.7 Å². The molecule has 0 atom stereocenters. The van der Waals surface area contributed by atoms with E-state index in [0.29, 0.717) is 36.4 Å². The van der Waals surface area contributed by atoms with Crippen LogP contribution in [0.15, 0.2) is 84.0 Å². The minimum absolute atomic E-state index is 0.0332. The molecule has 8 nitrogen and oxygen atoms in total. The second-order valence-electron chi connectivity index (χ2n) is 9.96. The summed E-state index contributed by atoms with van der Waals surface area (Å²) >= 11 is 0. The van der Waals surface area contributed by atoms with E-state index in [1.54, 1.807) is 6.20 Å². The van der Waals surface area contributed by atoms with E-state index in [0.717, 1.165) is 37.2 Å². The van der Waals surface area contributed by atoms with Gasteiger partial charge in [0.2, 0.25) is 0 Å². The molecule has 1 aromatic heterocycles. The Morgan fingerprint density at radius 2 is 1.76 bits per heavy atom. The van der Waals surface area contributed by atoms with Crippen LogP contribution in [0.4, 0.5) is 10.1 Å². The van der Waals surface area contributed by atoms with Gasteiger partial charge < -0.3 is 15.0 Å². The van der Waals surface area contributed by atoms with Crippen molar-refractivity contribution in [1.82, 2.24) is 15.5 Å². The van der Waals surface area contributed by atoms with Gasteiger partial charge in [0.1, 0.15) is 5.82 Å². The first-order chi connectivity index (χ1) is 20.4. The maximum atomic E-state index is 13.6. The average molecular weight is 587 g/mol. The highest BCUT2D eigenvalue weighted by Crippen LogP contribution is 2.24. The third-order valence-corrected chi connectivity index (χ3v) is 8.65. The highest BCUT2D eigenvalue weighted by atomic mass is 32.2. The Morgan fingerprint density at radius 3 is 2.48 bits per heavy atom. The van der Waals surface area contributed by atoms with Crippen LogP contribution in [0.2, 0.25) is 0 Å². The summed E-state index contributed by atoms with van der Waals surface area (Å²) in [4.78, 5) is 15.1. The number of aryl methyl sites for hydroxylation is 1. The van der Waals surface area contributed by atoms with E-state index in [-0.39, 0.29) is 22.1 Å². The van der Waals surface area contributed by atoms with Crippen molar-refractivity contribution in [3.05, 3.63) is 113 Å². The Labute approximate surface area is 244 Å². The third-order valence-electron chi connectivity index (χ3n) is 6.91. The molecule has 0 bridgehead atoms. The number of hydrogen-bond donors (Lipinski definition) is 2. The smallest absolute Gasteiger partial charge is 0.251 e. The SMILES string of the molecule is O=C(NCCCc1cn[nH]c1)c1ccc(S(=O)(=O)Cc2ccc(N3CCOCC3)cc2)c(C#Cc2ccc(F)cc2)c1. The van der Waals surface area contributed by atoms with Crippen LogP contribution >= 0.6 is 0 Å². The van der Waals surface area contributed by atoms with Crippen molar-refractivity contribution in [2.45, 2.75) is 23.5 Å². The van der Waals surface area contributed by atoms with Gasteiger partial charge in [0.15, 0.2) is 9.84 Å². The van der Waals surface area contributed by atoms with Crippen LogP contribution in [0.25, 0.3) is 0 Å². The van der Waals surface area contributed by atoms with Gasteiger partial charge in [0, 0.05) is 48.2 Å². The lowest BCUT2D eigenvalue weighted by Crippen LogP contribution is -2.36. The Bertz CT molecular complexity index is 1670. The number of aromatic nitrogens is 2. The fraction of sp³-hybridized carbons (Fsp3) is 0.250. The molecule has 1 aliphatic heterocycles. The zero-order valence-corrected chi connectivity index (χ0v) is 23.8. The number of nitrogens with one attached hydrogen (secondary N) is 2. The van der Waals surface area contributed by atoms with E-state index in [9.17, 15) is 17.6 Å². The van der Waals surface area contributed by atoms with Crippen molar-refractivity contribution >= 4 is 21.4 Å². The largest absolute Gasteiger partial charge is 0.378 e. The van der Waals surface area contributed by atoms with Gasteiger partial charge >= 0.3 is 0 Å². The van der Waals surface area contributed by atoms with E-state index >= 15 is 0 Å². The van der Waals surface area contributed by atoms with Crippen LogP contribution in [0.3, 0.4) is 0 Å². The monoisotopic (exact) mass is 586 g/mol. The first kappa shape index (κ1) is 29.0. The predicted octanol–water partition coefficient (Wildman–Crippen LogP) is 4.12. The highest BCUT2D eigenvalue weighted by Gasteiger charge is 2.21. The standard InChI is InChI=1S/C32H31FN4O4S/c33-29-10-4-24(5-11-29)3-8-27-20-28(32(38)34-15-1-2-26-21-35-36-22-26)9-14-31(27)42(39,40)23-25-6-12-30(13-7-25)37-16-18-41-19-17-37/h4-7,9-14,20-22H,1-2,15-19,23H2,(H,34,38)(H,35,36). The summed E-state index contributed by atoms with van der Waals surface area (Å²) in [5, 5.41) is 9.56. The molecule has 0 saturated carbocycles. The lowest BCUT2D eigenvalue weighted by Gasteiger charge is -2.28. The van der Waals surface area contributed by atoms with Crippen molar-refractivity contribution in [3.8, 4) is 11.8 Å². The lowest BCUT2D eigenvalue weighted by molar-refractivity contribution is 0.0953. The topological polar surface area (TPSA) is 104 Å². The number of amides is 1. The predicted molar refractivity (Wildman–Crippen MR) is 158 cm³/mol. The molecular weight excluding hydrogens is 555 g/mol. The van der Waals surface area contributed by atoms with Gasteiger partial charge in [-0.15, -0.1) is 0 Å². The van der Waals surface area contributed by atoms with Crippen LogP contribution < -0.4 is 10.2 Å². The molecule has 2 heterocycles. The lowest BCUT2D eigenvalue weighted by atomic mass is 10.1. The number of sulfone groups is 1. The average Bonchev–Trinajstić information content (AvgIpc) is 3.53. The molecule has 0 radical (unpaired) electrons. The molecule has 0 unspecified atom stereocenters. The number of ether oxygens (including phenoxy) is 1. The minimum Gasteiger partial charge on any atom is -0.378 e. The molecule has 5 rings (SSSR count). The molecule has 1 fully saturated rings. The molecule has 0 aliphatic carbocycles. The van der Waals surface area contributed by atoms with Crippen LogP contribution in [-0.2, 0) is 26.7 Å². The fourth-order valence-electron chi connectivity index (χ4n) is 4.65. The van der Waals surface area contributed by atoms with Gasteiger partial charge in [-0.25, -0.2) is 12.8 Å². The Hall–Kier alpha value is -4.46. The van der Waals surface area contributed by atoms with E-state index in [1.807, 2.05) is 30.5 Å². The quantitative estimate of drug-likeness (QED) is 0.226. The maximum Gasteiger partial charge on any atom is 0.251 e. The summed E-state index contributed by atoms with van der Waals surface area (Å²) in [6.07, 6.45) is 5.03. The van der Waals surface area contributed by atoms with Crippen molar-refractivity contribution in [3.63, 3.8) is 0 Å². The molecule has 4 aromatic rings. The number of H-pyrrole nitrogens is 1. The number of carbonyl (C=O) groups is 1. The van der Waals surface area contributed by atoms with Gasteiger partial charge in [0.25, 0.3) is 5.91 Å². The summed E-state index contributed by atoms with van der Waals surface area (Å²) < 4.78 is 46.0. The molecule has 42 heavy (non-hydrogen) atoms. The fourth-order valence-corrected chi connectivity index (χ4v) is 6.15. The molecule has 0 spiro atoms. The number of hydrogen-bond acceptors (Lipinski definition) is 6. The number of nitrogens with zero attached hydrogens (tertiary/aromatic N) is 2. The molecular formula is C32H31FN4O4S. The van der Waals surface area contributed by atoms with Gasteiger partial charge in [0.05, 0.1) is 30.1 Å². The number of aromatic amines is 1. The van der Waals surface area contributed by atoms with E-state index in [4.69, 9.17) is 4.74 Å². The summed E-state index contributed by atoms with van der Waals surface area (Å²) in [5.74, 6) is 4.88. The first-order valence-corrected chi connectivity index (χ1v) is 15.3. The van der Waals surface area contributed by atoms with Crippen LogP contribution in [0, 0.1) is 17.7 Å². The number of anilines is 1. The van der Waals surface area contributed by atoms with Gasteiger partial charge in [-0.05, 0) is 78.6 Å². The normalized spacial score (nSPS) is 13.3. The number of rotatable bonds is 9. The molecule has 1 saturated heterocycles. The third kappa shape index (κ3) is 7.63. The zero-order chi connectivity index (χ0) is 29.4. The summed E-state index contributed by atoms with van der Waals surface area (Å²) in [6, 6.07) is 17.5. The number of halogens is 1. The van der Waals surface area contributed by atoms with Crippen LogP contribution in [0.1, 0.15) is 39.0 Å². The van der Waals surface area contributed by atoms with Crippen molar-refractivity contribution in [2.75, 3.05) is 37.7 Å². The number of carbonyl (C=O) groups excluding carboxylic acids is 1. The van der Waals surface area contributed by atoms with E-state index in [1.165, 1.54) is 42.5 Å². The molecule has 216 valence electrons. The van der Waals surface area contributed by atoms with Gasteiger partial charge in [-0.2, -0.15) is 5.10 Å². The van der Waals surface area contributed by atoms with E-state index in [2.05, 4.69) is 32.3 Å². The molecule has 2 N–H and O–H groups in total. The second-order valence-corrected chi connectivity index (χ2v) is 11.9. The molecule has 10 heteroatoms.